The zero-order valence-corrected chi connectivity index (χ0v) is 8.39. The van der Waals surface area contributed by atoms with Crippen molar-refractivity contribution in [3.63, 3.8) is 0 Å². The number of nitrogens with zero attached hydrogens (tertiary/aromatic N) is 2. The highest BCUT2D eigenvalue weighted by molar-refractivity contribution is 5.75. The summed E-state index contributed by atoms with van der Waals surface area (Å²) >= 11 is 0. The van der Waals surface area contributed by atoms with Crippen LogP contribution in [0, 0.1) is 0 Å². The first kappa shape index (κ1) is 13.2. The number of urea groups is 1. The second-order valence-corrected chi connectivity index (χ2v) is 2.87. The van der Waals surface area contributed by atoms with E-state index in [0.29, 0.717) is 13.0 Å². The molecule has 0 heterocycles. The average molecular weight is 215 g/mol. The van der Waals surface area contributed by atoms with Crippen LogP contribution >= 0.6 is 0 Å². The van der Waals surface area contributed by atoms with Gasteiger partial charge in [0.1, 0.15) is 0 Å². The summed E-state index contributed by atoms with van der Waals surface area (Å²) in [5, 5.41) is 3.52. The van der Waals surface area contributed by atoms with Crippen LogP contribution in [0.3, 0.4) is 0 Å². The highest BCUT2D eigenvalue weighted by Gasteiger charge is 1.97. The van der Waals surface area contributed by atoms with E-state index < -0.39 is 6.03 Å². The van der Waals surface area contributed by atoms with Gasteiger partial charge in [0, 0.05) is 18.8 Å². The van der Waals surface area contributed by atoms with Crippen molar-refractivity contribution in [2.24, 2.45) is 33.0 Å². The molecule has 8 nitrogen and oxygen atoms in total. The van der Waals surface area contributed by atoms with Crippen LogP contribution in [0.5, 0.6) is 0 Å². The number of carbonyl (C=O) groups is 1. The molecule has 15 heavy (non-hydrogen) atoms. The van der Waals surface area contributed by atoms with Crippen molar-refractivity contribution < 1.29 is 4.79 Å². The zero-order valence-electron chi connectivity index (χ0n) is 8.39. The van der Waals surface area contributed by atoms with E-state index in [9.17, 15) is 4.79 Å². The number of aliphatic imine (C=N–C) groups is 1. The van der Waals surface area contributed by atoms with Gasteiger partial charge in [-0.3, -0.25) is 4.99 Å². The number of guanidine groups is 1. The highest BCUT2D eigenvalue weighted by Crippen LogP contribution is 1.92. The van der Waals surface area contributed by atoms with Crippen LogP contribution in [0.2, 0.25) is 0 Å². The molecule has 0 spiro atoms. The van der Waals surface area contributed by atoms with Gasteiger partial charge in [0.25, 0.3) is 0 Å². The number of carbonyl (C=O) groups excluding carboxylic acids is 1. The quantitative estimate of drug-likeness (QED) is 0.150. The summed E-state index contributed by atoms with van der Waals surface area (Å²) in [6.45, 7) is 0.521. The predicted molar refractivity (Wildman–Crippen MR) is 59.1 cm³/mol. The number of hydrogen-bond donors (Lipinski definition) is 5. The van der Waals surface area contributed by atoms with Gasteiger partial charge >= 0.3 is 6.03 Å². The molecule has 0 aliphatic carbocycles. The topological polar surface area (TPSA) is 158 Å². The Labute approximate surface area is 87.8 Å². The van der Waals surface area contributed by atoms with Gasteiger partial charge in [-0.15, -0.1) is 0 Å². The van der Waals surface area contributed by atoms with Crippen molar-refractivity contribution in [2.45, 2.75) is 18.9 Å². The molecule has 0 aromatic rings. The molecular formula is C7H17N7O. The van der Waals surface area contributed by atoms with E-state index in [1.807, 2.05) is 5.43 Å². The molecule has 0 aliphatic heterocycles. The molecule has 0 radical (unpaired) electrons. The van der Waals surface area contributed by atoms with E-state index >= 15 is 0 Å². The first-order valence-electron chi connectivity index (χ1n) is 4.42. The van der Waals surface area contributed by atoms with E-state index in [1.54, 1.807) is 0 Å². The number of rotatable bonds is 6. The largest absolute Gasteiger partial charge is 0.370 e. The van der Waals surface area contributed by atoms with Crippen LogP contribution in [0.4, 0.5) is 4.79 Å². The van der Waals surface area contributed by atoms with Gasteiger partial charge in [-0.25, -0.2) is 10.2 Å². The van der Waals surface area contributed by atoms with Gasteiger partial charge in [0.05, 0.1) is 0 Å². The molecule has 0 saturated carbocycles. The minimum absolute atomic E-state index is 0.0626. The Hall–Kier alpha value is -1.83. The molecule has 1 atom stereocenters. The lowest BCUT2D eigenvalue weighted by atomic mass is 10.2. The Morgan fingerprint density at radius 2 is 2.07 bits per heavy atom. The SMILES string of the molecule is NC(=O)NN=C[C@@H](N)CCCN=C(N)N. The Morgan fingerprint density at radius 1 is 1.40 bits per heavy atom. The Morgan fingerprint density at radius 3 is 2.60 bits per heavy atom. The number of primary amides is 1. The Balaban J connectivity index is 3.57. The molecule has 86 valence electrons. The van der Waals surface area contributed by atoms with Crippen LogP contribution in [0.25, 0.3) is 0 Å². The van der Waals surface area contributed by atoms with Crippen LogP contribution < -0.4 is 28.4 Å². The third-order valence-electron chi connectivity index (χ3n) is 1.43. The van der Waals surface area contributed by atoms with Crippen LogP contribution in [0.15, 0.2) is 10.1 Å². The summed E-state index contributed by atoms with van der Waals surface area (Å²) in [6, 6.07) is -0.981. The summed E-state index contributed by atoms with van der Waals surface area (Å²) in [5.41, 5.74) is 22.7. The van der Waals surface area contributed by atoms with E-state index in [4.69, 9.17) is 22.9 Å². The minimum atomic E-state index is -0.723. The third-order valence-corrected chi connectivity index (χ3v) is 1.43. The van der Waals surface area contributed by atoms with Crippen LogP contribution in [0.1, 0.15) is 12.8 Å². The molecule has 8 heteroatoms. The van der Waals surface area contributed by atoms with Gasteiger partial charge in [-0.05, 0) is 12.8 Å². The molecule has 0 aliphatic rings. The highest BCUT2D eigenvalue weighted by atomic mass is 16.2. The zero-order chi connectivity index (χ0) is 11.7. The van der Waals surface area contributed by atoms with Crippen molar-refractivity contribution in [1.82, 2.24) is 5.43 Å². The molecular weight excluding hydrogens is 198 g/mol. The van der Waals surface area contributed by atoms with E-state index in [-0.39, 0.29) is 12.0 Å². The molecule has 0 aromatic heterocycles. The standard InChI is InChI=1S/C7H17N7O/c8-5(4-13-14-7(11)15)2-1-3-12-6(9)10/h4-5H,1-3,8H2,(H4,9,10,12)(H3,11,14,15)/t5-/m0/s1. The first-order valence-corrected chi connectivity index (χ1v) is 4.42. The number of nitrogens with two attached hydrogens (primary N) is 4. The molecule has 0 bridgehead atoms. The maximum Gasteiger partial charge on any atom is 0.332 e. The lowest BCUT2D eigenvalue weighted by Crippen LogP contribution is -2.28. The maximum absolute atomic E-state index is 10.2. The van der Waals surface area contributed by atoms with E-state index in [2.05, 4.69) is 10.1 Å². The summed E-state index contributed by atoms with van der Waals surface area (Å²) < 4.78 is 0. The second kappa shape index (κ2) is 7.56. The van der Waals surface area contributed by atoms with Crippen molar-refractivity contribution >= 4 is 18.2 Å². The predicted octanol–water partition coefficient (Wildman–Crippen LogP) is -1.98. The molecule has 2 amide bonds. The van der Waals surface area contributed by atoms with Crippen LogP contribution in [-0.2, 0) is 0 Å². The van der Waals surface area contributed by atoms with E-state index in [1.165, 1.54) is 6.21 Å². The fourth-order valence-corrected chi connectivity index (χ4v) is 0.806. The monoisotopic (exact) mass is 215 g/mol. The summed E-state index contributed by atoms with van der Waals surface area (Å²) in [5.74, 6) is 0.0626. The van der Waals surface area contributed by atoms with Crippen molar-refractivity contribution in [1.29, 1.82) is 0 Å². The van der Waals surface area contributed by atoms with Crippen molar-refractivity contribution in [3.05, 3.63) is 0 Å². The molecule has 0 rings (SSSR count). The van der Waals surface area contributed by atoms with Crippen molar-refractivity contribution in [2.75, 3.05) is 6.54 Å². The van der Waals surface area contributed by atoms with Gasteiger partial charge in [-0.1, -0.05) is 0 Å². The maximum atomic E-state index is 10.2. The fraction of sp³-hybridized carbons (Fsp3) is 0.571. The molecule has 9 N–H and O–H groups in total. The third kappa shape index (κ3) is 10.1. The molecule has 0 fully saturated rings. The fourth-order valence-electron chi connectivity index (χ4n) is 0.806. The number of hydrogen-bond acceptors (Lipinski definition) is 4. The average Bonchev–Trinajstić information content (AvgIpc) is 2.11. The second-order valence-electron chi connectivity index (χ2n) is 2.87. The first-order chi connectivity index (χ1) is 7.02. The van der Waals surface area contributed by atoms with Crippen LogP contribution in [-0.4, -0.2) is 30.8 Å². The number of amides is 2. The number of nitrogens with one attached hydrogen (secondary N) is 1. The smallest absolute Gasteiger partial charge is 0.332 e. The van der Waals surface area contributed by atoms with Gasteiger partial charge in [0.15, 0.2) is 5.96 Å². The summed E-state index contributed by atoms with van der Waals surface area (Å²) in [4.78, 5) is 14.0. The normalized spacial score (nSPS) is 12.3. The minimum Gasteiger partial charge on any atom is -0.370 e. The van der Waals surface area contributed by atoms with Crippen molar-refractivity contribution in [3.8, 4) is 0 Å². The molecule has 0 saturated heterocycles. The molecule has 0 unspecified atom stereocenters. The lowest BCUT2D eigenvalue weighted by Gasteiger charge is -2.03. The lowest BCUT2D eigenvalue weighted by molar-refractivity contribution is 0.249. The molecule has 0 aromatic carbocycles. The summed E-state index contributed by atoms with van der Waals surface area (Å²) in [7, 11) is 0. The van der Waals surface area contributed by atoms with Gasteiger partial charge < -0.3 is 22.9 Å². The van der Waals surface area contributed by atoms with Gasteiger partial charge in [0.2, 0.25) is 0 Å². The summed E-state index contributed by atoms with van der Waals surface area (Å²) in [6.07, 6.45) is 2.81. The Kier molecular flexibility index (Phi) is 6.64. The Bertz CT molecular complexity index is 246. The van der Waals surface area contributed by atoms with E-state index in [0.717, 1.165) is 6.42 Å². The number of hydrazone groups is 1. The van der Waals surface area contributed by atoms with Gasteiger partial charge in [-0.2, -0.15) is 5.10 Å².